The fourth-order valence-electron chi connectivity index (χ4n) is 2.50. The first-order valence-corrected chi connectivity index (χ1v) is 13.7. The van der Waals surface area contributed by atoms with Crippen molar-refractivity contribution in [3.8, 4) is 0 Å². The molecule has 0 amide bonds. The highest BCUT2D eigenvalue weighted by Gasteiger charge is 2.23. The second kappa shape index (κ2) is 16.8. The molecule has 34 heavy (non-hydrogen) atoms. The molecule has 0 aliphatic rings. The molecule has 0 spiro atoms. The molecule has 0 N–H and O–H groups in total. The van der Waals surface area contributed by atoms with Crippen molar-refractivity contribution in [1.82, 2.24) is 0 Å². The molecule has 1 nitrogen and oxygen atoms in total. The van der Waals surface area contributed by atoms with Crippen LogP contribution in [0, 0.1) is 60.8 Å². The topological polar surface area (TPSA) is 0 Å². The van der Waals surface area contributed by atoms with Gasteiger partial charge in [0.05, 0.1) is 40.5 Å². The number of hydrogen-bond acceptors (Lipinski definition) is 0. The van der Waals surface area contributed by atoms with Crippen LogP contribution < -0.4 is 12.4 Å². The SMILES string of the molecule is CC[N+](CC)(CC)CC.Fc1c(F)c(F)c(I)c(I)c1F.Fc1c(F)c(F)c(I)c(I)c1F.[Cl-]. The van der Waals surface area contributed by atoms with E-state index in [0.717, 1.165) is 0 Å². The Kier molecular flexibility index (Phi) is 18.4. The molecule has 196 valence electrons. The zero-order valence-electron chi connectivity index (χ0n) is 18.2. The summed E-state index contributed by atoms with van der Waals surface area (Å²) in [4.78, 5) is 0. The van der Waals surface area contributed by atoms with E-state index in [1.165, 1.54) is 121 Å². The Labute approximate surface area is 254 Å². The van der Waals surface area contributed by atoms with E-state index < -0.39 is 46.5 Å². The largest absolute Gasteiger partial charge is 1.00 e. The van der Waals surface area contributed by atoms with Gasteiger partial charge in [-0.2, -0.15) is 0 Å². The Morgan fingerprint density at radius 1 is 0.412 bits per heavy atom. The Morgan fingerprint density at radius 3 is 0.647 bits per heavy atom. The minimum Gasteiger partial charge on any atom is -1.00 e. The summed E-state index contributed by atoms with van der Waals surface area (Å²) >= 11 is 5.63. The molecular formula is C20H20ClF8I4N. The molecule has 0 fully saturated rings. The third-order valence-electron chi connectivity index (χ3n) is 5.00. The molecule has 0 atom stereocenters. The van der Waals surface area contributed by atoms with Crippen molar-refractivity contribution in [2.45, 2.75) is 27.7 Å². The van der Waals surface area contributed by atoms with Gasteiger partial charge in [0.15, 0.2) is 46.5 Å². The normalized spacial score (nSPS) is 10.6. The van der Waals surface area contributed by atoms with Gasteiger partial charge in [-0.25, -0.2) is 35.1 Å². The lowest BCUT2D eigenvalue weighted by Gasteiger charge is -2.34. The highest BCUT2D eigenvalue weighted by Crippen LogP contribution is 2.27. The zero-order valence-corrected chi connectivity index (χ0v) is 27.6. The Hall–Kier alpha value is 1.05. The van der Waals surface area contributed by atoms with Gasteiger partial charge >= 0.3 is 0 Å². The van der Waals surface area contributed by atoms with Crippen LogP contribution in [-0.2, 0) is 0 Å². The molecule has 0 aromatic heterocycles. The first-order chi connectivity index (χ1) is 15.2. The predicted molar refractivity (Wildman–Crippen MR) is 146 cm³/mol. The zero-order chi connectivity index (χ0) is 26.3. The molecule has 2 aromatic carbocycles. The summed E-state index contributed by atoms with van der Waals surface area (Å²) in [5.41, 5.74) is 0. The Balaban J connectivity index is 0. The van der Waals surface area contributed by atoms with Crippen LogP contribution in [0.25, 0.3) is 0 Å². The van der Waals surface area contributed by atoms with E-state index in [2.05, 4.69) is 27.7 Å². The summed E-state index contributed by atoms with van der Waals surface area (Å²) in [5.74, 6) is -12.5. The predicted octanol–water partition coefficient (Wildman–Crippen LogP) is 5.79. The van der Waals surface area contributed by atoms with Crippen LogP contribution in [0.1, 0.15) is 27.7 Å². The second-order valence-electron chi connectivity index (χ2n) is 6.37. The lowest BCUT2D eigenvalue weighted by Crippen LogP contribution is -3.00. The second-order valence-corrected chi connectivity index (χ2v) is 10.7. The van der Waals surface area contributed by atoms with Crippen LogP contribution in [0.15, 0.2) is 0 Å². The average molecular weight is 969 g/mol. The van der Waals surface area contributed by atoms with Crippen molar-refractivity contribution >= 4 is 90.4 Å². The van der Waals surface area contributed by atoms with E-state index in [-0.39, 0.29) is 26.7 Å². The molecule has 0 saturated carbocycles. The number of halogens is 13. The Morgan fingerprint density at radius 2 is 0.559 bits per heavy atom. The van der Waals surface area contributed by atoms with Crippen LogP contribution in [-0.4, -0.2) is 30.7 Å². The molecule has 2 rings (SSSR count). The van der Waals surface area contributed by atoms with E-state index in [4.69, 9.17) is 0 Å². The number of benzene rings is 2. The van der Waals surface area contributed by atoms with Crippen LogP contribution in [0.5, 0.6) is 0 Å². The van der Waals surface area contributed by atoms with Crippen LogP contribution >= 0.6 is 90.4 Å². The molecule has 0 unspecified atom stereocenters. The summed E-state index contributed by atoms with van der Waals surface area (Å²) in [6, 6.07) is 0. The fraction of sp³-hybridized carbons (Fsp3) is 0.400. The van der Waals surface area contributed by atoms with Crippen molar-refractivity contribution in [2.24, 2.45) is 0 Å². The first kappa shape index (κ1) is 37.2. The van der Waals surface area contributed by atoms with Gasteiger partial charge in [-0.1, -0.05) is 0 Å². The smallest absolute Gasteiger partial charge is 0.198 e. The molecule has 0 aliphatic carbocycles. The van der Waals surface area contributed by atoms with Gasteiger partial charge in [-0.15, -0.1) is 0 Å². The quantitative estimate of drug-likeness (QED) is 0.120. The summed E-state index contributed by atoms with van der Waals surface area (Å²) in [7, 11) is 0. The molecule has 0 heterocycles. The Bertz CT molecular complexity index is 680. The molecule has 0 radical (unpaired) electrons. The molecule has 2 aromatic rings. The van der Waals surface area contributed by atoms with Crippen LogP contribution in [0.4, 0.5) is 35.1 Å². The molecular weight excluding hydrogens is 949 g/mol. The summed E-state index contributed by atoms with van der Waals surface area (Å²) < 4.78 is 101. The third kappa shape index (κ3) is 9.11. The van der Waals surface area contributed by atoms with Crippen molar-refractivity contribution in [3.63, 3.8) is 0 Å². The van der Waals surface area contributed by atoms with Gasteiger partial charge in [-0.05, 0) is 118 Å². The monoisotopic (exact) mass is 969 g/mol. The van der Waals surface area contributed by atoms with Gasteiger partial charge in [-0.3, -0.25) is 0 Å². The number of hydrogen-bond donors (Lipinski definition) is 0. The summed E-state index contributed by atoms with van der Waals surface area (Å²) in [6.07, 6.45) is 0. The molecule has 0 saturated heterocycles. The highest BCUT2D eigenvalue weighted by atomic mass is 127. The summed E-state index contributed by atoms with van der Waals surface area (Å²) in [6.45, 7) is 14.2. The molecule has 0 aliphatic heterocycles. The van der Waals surface area contributed by atoms with Crippen molar-refractivity contribution in [3.05, 3.63) is 60.8 Å². The van der Waals surface area contributed by atoms with E-state index in [1.54, 1.807) is 0 Å². The molecule has 14 heteroatoms. The van der Waals surface area contributed by atoms with E-state index in [0.29, 0.717) is 0 Å². The van der Waals surface area contributed by atoms with E-state index >= 15 is 0 Å². The highest BCUT2D eigenvalue weighted by molar-refractivity contribution is 14.1. The van der Waals surface area contributed by atoms with Crippen LogP contribution in [0.3, 0.4) is 0 Å². The third-order valence-corrected chi connectivity index (χ3v) is 11.1. The number of quaternary nitrogens is 1. The van der Waals surface area contributed by atoms with Crippen molar-refractivity contribution < 1.29 is 52.0 Å². The van der Waals surface area contributed by atoms with E-state index in [9.17, 15) is 35.1 Å². The minimum atomic E-state index is -1.77. The fourth-order valence-corrected chi connectivity index (χ4v) is 4.39. The number of rotatable bonds is 4. The first-order valence-electron chi connectivity index (χ1n) is 9.36. The van der Waals surface area contributed by atoms with Gasteiger partial charge < -0.3 is 16.9 Å². The maximum Gasteiger partial charge on any atom is 0.198 e. The van der Waals surface area contributed by atoms with Gasteiger partial charge in [0.25, 0.3) is 0 Å². The van der Waals surface area contributed by atoms with Gasteiger partial charge in [0.2, 0.25) is 0 Å². The standard InChI is InChI=1S/C8H20N.2C6F4I2.ClH/c1-5-9(6-2,7-3)8-4;2*7-1-2(8)4(10)6(12)5(11)3(1)9;/h5-8H2,1-4H3;;;1H/q+1;;;/p-1. The minimum absolute atomic E-state index is 0. The van der Waals surface area contributed by atoms with Gasteiger partial charge in [0, 0.05) is 0 Å². The van der Waals surface area contributed by atoms with Crippen molar-refractivity contribution in [1.29, 1.82) is 0 Å². The summed E-state index contributed by atoms with van der Waals surface area (Å²) in [5, 5.41) is 0. The van der Waals surface area contributed by atoms with Crippen molar-refractivity contribution in [2.75, 3.05) is 26.2 Å². The van der Waals surface area contributed by atoms with E-state index in [1.807, 2.05) is 0 Å². The maximum atomic E-state index is 12.6. The number of nitrogens with zero attached hydrogens (tertiary/aromatic N) is 1. The molecule has 0 bridgehead atoms. The lowest BCUT2D eigenvalue weighted by atomic mass is 10.3. The maximum absolute atomic E-state index is 12.6. The van der Waals surface area contributed by atoms with Gasteiger partial charge in [0.1, 0.15) is 0 Å². The lowest BCUT2D eigenvalue weighted by molar-refractivity contribution is -0.921. The van der Waals surface area contributed by atoms with Crippen LogP contribution in [0.2, 0.25) is 0 Å². The average Bonchev–Trinajstić information content (AvgIpc) is 2.84.